The third kappa shape index (κ3) is 2.27. The summed E-state index contributed by atoms with van der Waals surface area (Å²) in [7, 11) is 0. The smallest absolute Gasteiger partial charge is 0.145 e. The predicted octanol–water partition coefficient (Wildman–Crippen LogP) is 1.86. The average molecular weight is 235 g/mol. The van der Waals surface area contributed by atoms with E-state index in [0.717, 1.165) is 5.01 Å². The second-order valence-corrected chi connectivity index (χ2v) is 4.81. The molecule has 0 unspecified atom stereocenters. The minimum atomic E-state index is -0.265. The Balaban J connectivity index is 2.18. The monoisotopic (exact) mass is 235 g/mol. The Bertz CT molecular complexity index is 449. The van der Waals surface area contributed by atoms with Crippen molar-refractivity contribution in [2.75, 3.05) is 11.1 Å². The van der Waals surface area contributed by atoms with Crippen LogP contribution in [0.3, 0.4) is 0 Å². The minimum absolute atomic E-state index is 0.265. The highest BCUT2D eigenvalue weighted by Gasteiger charge is 2.23. The van der Waals surface area contributed by atoms with Crippen molar-refractivity contribution in [1.82, 2.24) is 15.0 Å². The van der Waals surface area contributed by atoms with Crippen molar-refractivity contribution in [1.29, 1.82) is 0 Å². The molecule has 5 nitrogen and oxygen atoms in total. The maximum atomic E-state index is 5.47. The van der Waals surface area contributed by atoms with Crippen LogP contribution in [0, 0.1) is 0 Å². The van der Waals surface area contributed by atoms with Gasteiger partial charge < -0.3 is 11.1 Å². The molecule has 0 fully saturated rings. The van der Waals surface area contributed by atoms with Crippen molar-refractivity contribution in [3.8, 4) is 0 Å². The third-order valence-electron chi connectivity index (χ3n) is 2.08. The topological polar surface area (TPSA) is 76.7 Å². The summed E-state index contributed by atoms with van der Waals surface area (Å²) in [5.41, 5.74) is 5.21. The van der Waals surface area contributed by atoms with Gasteiger partial charge in [0.25, 0.3) is 0 Å². The van der Waals surface area contributed by atoms with Gasteiger partial charge in [-0.2, -0.15) is 0 Å². The van der Waals surface area contributed by atoms with Crippen LogP contribution in [0.15, 0.2) is 24.0 Å². The van der Waals surface area contributed by atoms with E-state index in [0.29, 0.717) is 11.6 Å². The predicted molar refractivity (Wildman–Crippen MR) is 65.2 cm³/mol. The van der Waals surface area contributed by atoms with Crippen LogP contribution in [0.5, 0.6) is 0 Å². The largest absolute Gasteiger partial charge is 0.382 e. The molecular weight excluding hydrogens is 222 g/mol. The minimum Gasteiger partial charge on any atom is -0.382 e. The van der Waals surface area contributed by atoms with Crippen LogP contribution < -0.4 is 11.1 Å². The molecule has 0 bridgehead atoms. The molecule has 16 heavy (non-hydrogen) atoms. The first-order chi connectivity index (χ1) is 7.58. The van der Waals surface area contributed by atoms with Gasteiger partial charge in [-0.15, -0.1) is 11.3 Å². The lowest BCUT2D eigenvalue weighted by Gasteiger charge is -2.24. The van der Waals surface area contributed by atoms with E-state index in [9.17, 15) is 0 Å². The zero-order valence-electron chi connectivity index (χ0n) is 9.14. The molecule has 0 aromatic carbocycles. The highest BCUT2D eigenvalue weighted by Crippen LogP contribution is 2.25. The number of anilines is 2. The number of nitrogens with zero attached hydrogens (tertiary/aromatic N) is 3. The lowest BCUT2D eigenvalue weighted by molar-refractivity contribution is 0.600. The van der Waals surface area contributed by atoms with Gasteiger partial charge >= 0.3 is 0 Å². The number of aromatic nitrogens is 3. The maximum Gasteiger partial charge on any atom is 0.145 e. The van der Waals surface area contributed by atoms with Crippen LogP contribution >= 0.6 is 11.3 Å². The molecule has 0 amide bonds. The van der Waals surface area contributed by atoms with Crippen LogP contribution in [0.4, 0.5) is 11.6 Å². The van der Waals surface area contributed by atoms with Crippen LogP contribution in [0.2, 0.25) is 0 Å². The summed E-state index contributed by atoms with van der Waals surface area (Å²) < 4.78 is 0. The Morgan fingerprint density at radius 3 is 2.62 bits per heavy atom. The van der Waals surface area contributed by atoms with E-state index in [1.807, 2.05) is 19.2 Å². The molecule has 0 radical (unpaired) electrons. The quantitative estimate of drug-likeness (QED) is 0.849. The number of hydrogen-bond acceptors (Lipinski definition) is 6. The van der Waals surface area contributed by atoms with Gasteiger partial charge in [0, 0.05) is 11.6 Å². The molecule has 0 aliphatic carbocycles. The molecule has 2 heterocycles. The van der Waals surface area contributed by atoms with Gasteiger partial charge in [-0.05, 0) is 13.8 Å². The van der Waals surface area contributed by atoms with E-state index >= 15 is 0 Å². The molecule has 0 aliphatic heterocycles. The summed E-state index contributed by atoms with van der Waals surface area (Å²) in [4.78, 5) is 12.4. The number of nitrogen functional groups attached to an aromatic ring is 1. The van der Waals surface area contributed by atoms with Gasteiger partial charge in [0.15, 0.2) is 0 Å². The molecule has 2 aromatic heterocycles. The van der Waals surface area contributed by atoms with Gasteiger partial charge in [-0.3, -0.25) is 0 Å². The molecule has 84 valence electrons. The summed E-state index contributed by atoms with van der Waals surface area (Å²) >= 11 is 1.61. The fourth-order valence-corrected chi connectivity index (χ4v) is 2.03. The SMILES string of the molecule is CC(C)(Nc1cnc(N)cn1)c1nccs1. The highest BCUT2D eigenvalue weighted by molar-refractivity contribution is 7.09. The van der Waals surface area contributed by atoms with E-state index in [1.54, 1.807) is 23.7 Å². The fourth-order valence-electron chi connectivity index (χ4n) is 1.31. The van der Waals surface area contributed by atoms with Crippen LogP contribution in [-0.2, 0) is 5.54 Å². The second-order valence-electron chi connectivity index (χ2n) is 3.91. The molecule has 2 rings (SSSR count). The molecule has 0 saturated carbocycles. The third-order valence-corrected chi connectivity index (χ3v) is 3.18. The lowest BCUT2D eigenvalue weighted by atomic mass is 10.1. The molecular formula is C10H13N5S. The van der Waals surface area contributed by atoms with Crippen molar-refractivity contribution in [2.45, 2.75) is 19.4 Å². The average Bonchev–Trinajstić information content (AvgIpc) is 2.75. The Kier molecular flexibility index (Phi) is 2.74. The van der Waals surface area contributed by atoms with Crippen molar-refractivity contribution in [2.24, 2.45) is 0 Å². The molecule has 0 saturated heterocycles. The van der Waals surface area contributed by atoms with E-state index < -0.39 is 0 Å². The Morgan fingerprint density at radius 2 is 2.06 bits per heavy atom. The summed E-state index contributed by atoms with van der Waals surface area (Å²) in [6.45, 7) is 4.09. The van der Waals surface area contributed by atoms with Crippen LogP contribution in [-0.4, -0.2) is 15.0 Å². The van der Waals surface area contributed by atoms with E-state index in [4.69, 9.17) is 5.73 Å². The molecule has 2 aromatic rings. The van der Waals surface area contributed by atoms with Gasteiger partial charge in [-0.1, -0.05) is 0 Å². The van der Waals surface area contributed by atoms with Crippen molar-refractivity contribution in [3.05, 3.63) is 29.0 Å². The number of thiazole rings is 1. The van der Waals surface area contributed by atoms with Gasteiger partial charge in [0.05, 0.1) is 17.9 Å². The Morgan fingerprint density at radius 1 is 1.25 bits per heavy atom. The molecule has 0 atom stereocenters. The molecule has 0 aliphatic rings. The standard InChI is InChI=1S/C10H13N5S/c1-10(2,9-12-3-4-16-9)15-8-6-13-7(11)5-14-8/h3-6H,1-2H3,(H2,11,13)(H,14,15). The zero-order chi connectivity index (χ0) is 11.6. The molecule has 0 spiro atoms. The zero-order valence-corrected chi connectivity index (χ0v) is 9.95. The summed E-state index contributed by atoms with van der Waals surface area (Å²) in [6.07, 6.45) is 4.93. The maximum absolute atomic E-state index is 5.47. The van der Waals surface area contributed by atoms with Crippen LogP contribution in [0.25, 0.3) is 0 Å². The number of nitrogens with two attached hydrogens (primary N) is 1. The number of hydrogen-bond donors (Lipinski definition) is 2. The fraction of sp³-hybridized carbons (Fsp3) is 0.300. The van der Waals surface area contributed by atoms with Crippen molar-refractivity contribution in [3.63, 3.8) is 0 Å². The number of nitrogens with one attached hydrogen (secondary N) is 1. The van der Waals surface area contributed by atoms with Gasteiger partial charge in [0.1, 0.15) is 16.6 Å². The molecule has 6 heteroatoms. The highest BCUT2D eigenvalue weighted by atomic mass is 32.1. The number of rotatable bonds is 3. The first-order valence-corrected chi connectivity index (χ1v) is 5.71. The van der Waals surface area contributed by atoms with E-state index in [1.165, 1.54) is 6.20 Å². The van der Waals surface area contributed by atoms with Gasteiger partial charge in [0.2, 0.25) is 0 Å². The van der Waals surface area contributed by atoms with Crippen molar-refractivity contribution < 1.29 is 0 Å². The Labute approximate surface area is 97.8 Å². The first-order valence-electron chi connectivity index (χ1n) is 4.83. The molecule has 3 N–H and O–H groups in total. The first kappa shape index (κ1) is 10.8. The van der Waals surface area contributed by atoms with Gasteiger partial charge in [-0.25, -0.2) is 15.0 Å². The van der Waals surface area contributed by atoms with E-state index in [-0.39, 0.29) is 5.54 Å². The second kappa shape index (κ2) is 4.05. The van der Waals surface area contributed by atoms with Crippen molar-refractivity contribution >= 4 is 23.0 Å². The Hall–Kier alpha value is -1.69. The summed E-state index contributed by atoms with van der Waals surface area (Å²) in [5.74, 6) is 1.10. The lowest BCUT2D eigenvalue weighted by Crippen LogP contribution is -2.28. The van der Waals surface area contributed by atoms with E-state index in [2.05, 4.69) is 20.3 Å². The summed E-state index contributed by atoms with van der Waals surface area (Å²) in [6, 6.07) is 0. The van der Waals surface area contributed by atoms with Crippen LogP contribution in [0.1, 0.15) is 18.9 Å². The summed E-state index contributed by atoms with van der Waals surface area (Å²) in [5, 5.41) is 6.22. The normalized spacial score (nSPS) is 11.4.